The van der Waals surface area contributed by atoms with Crippen molar-refractivity contribution in [2.75, 3.05) is 53.0 Å². The molecule has 29 heavy (non-hydrogen) atoms. The van der Waals surface area contributed by atoms with Crippen molar-refractivity contribution in [2.24, 2.45) is 0 Å². The fourth-order valence-corrected chi connectivity index (χ4v) is 5.85. The van der Waals surface area contributed by atoms with Gasteiger partial charge in [-0.3, -0.25) is 9.80 Å². The molecule has 0 amide bonds. The molecule has 0 radical (unpaired) electrons. The van der Waals surface area contributed by atoms with Crippen LogP contribution in [0.3, 0.4) is 0 Å². The lowest BCUT2D eigenvalue weighted by molar-refractivity contribution is 0.0322. The predicted octanol–water partition coefficient (Wildman–Crippen LogP) is 2.32. The molecule has 0 saturated carbocycles. The summed E-state index contributed by atoms with van der Waals surface area (Å²) in [5.41, 5.74) is 2.36. The first-order chi connectivity index (χ1) is 14.1. The Labute approximate surface area is 180 Å². The molecule has 7 heteroatoms. The average molecular weight is 465 g/mol. The molecule has 0 aromatic heterocycles. The second-order valence-corrected chi connectivity index (χ2v) is 9.39. The van der Waals surface area contributed by atoms with E-state index in [0.29, 0.717) is 6.42 Å². The average Bonchev–Trinajstić information content (AvgIpc) is 2.96. The summed E-state index contributed by atoms with van der Waals surface area (Å²) in [5, 5.41) is 10.2. The third kappa shape index (κ3) is 3.41. The maximum atomic E-state index is 10.2. The number of benzene rings is 1. The molecule has 1 aromatic rings. The number of aliphatic hydroxyl groups is 1. The van der Waals surface area contributed by atoms with E-state index in [1.54, 1.807) is 7.11 Å². The predicted molar refractivity (Wildman–Crippen MR) is 114 cm³/mol. The highest BCUT2D eigenvalue weighted by Crippen LogP contribution is 2.57. The molecule has 1 fully saturated rings. The number of hydrogen-bond donors (Lipinski definition) is 1. The second-order valence-electron chi connectivity index (χ2n) is 8.53. The number of morpholine rings is 1. The summed E-state index contributed by atoms with van der Waals surface area (Å²) in [5.74, 6) is 1.64. The van der Waals surface area contributed by atoms with Crippen LogP contribution in [0.1, 0.15) is 24.0 Å². The van der Waals surface area contributed by atoms with E-state index in [1.807, 2.05) is 12.1 Å². The summed E-state index contributed by atoms with van der Waals surface area (Å²) in [7, 11) is 1.69. The second kappa shape index (κ2) is 7.85. The number of methoxy groups -OCH3 is 1. The minimum absolute atomic E-state index is 0.0429. The van der Waals surface area contributed by atoms with Crippen LogP contribution in [0.5, 0.6) is 11.5 Å². The molecule has 0 unspecified atom stereocenters. The maximum Gasteiger partial charge on any atom is 0.166 e. The Bertz CT molecular complexity index is 810. The minimum Gasteiger partial charge on any atom is -0.493 e. The van der Waals surface area contributed by atoms with Gasteiger partial charge in [-0.2, -0.15) is 0 Å². The largest absolute Gasteiger partial charge is 0.493 e. The van der Waals surface area contributed by atoms with Crippen LogP contribution in [-0.2, 0) is 16.7 Å². The van der Waals surface area contributed by atoms with Gasteiger partial charge in [-0.05, 0) is 24.6 Å². The van der Waals surface area contributed by atoms with Gasteiger partial charge in [0.15, 0.2) is 11.5 Å². The van der Waals surface area contributed by atoms with E-state index in [4.69, 9.17) is 14.2 Å². The Kier molecular flexibility index (Phi) is 5.37. The normalized spacial score (nSPS) is 31.7. The number of ether oxygens (including phenoxy) is 3. The zero-order valence-electron chi connectivity index (χ0n) is 16.9. The molecule has 3 atom stereocenters. The lowest BCUT2D eigenvalue weighted by Crippen LogP contribution is -2.44. The highest BCUT2D eigenvalue weighted by atomic mass is 79.9. The van der Waals surface area contributed by atoms with Crippen molar-refractivity contribution < 1.29 is 19.3 Å². The van der Waals surface area contributed by atoms with E-state index in [0.717, 1.165) is 74.9 Å². The van der Waals surface area contributed by atoms with Gasteiger partial charge in [0.2, 0.25) is 0 Å². The minimum atomic E-state index is -0.446. The lowest BCUT2D eigenvalue weighted by Gasteiger charge is -2.36. The maximum absolute atomic E-state index is 10.2. The van der Waals surface area contributed by atoms with Crippen LogP contribution in [0.2, 0.25) is 0 Å². The monoisotopic (exact) mass is 464 g/mol. The highest BCUT2D eigenvalue weighted by molar-refractivity contribution is 9.10. The first-order valence-corrected chi connectivity index (χ1v) is 11.4. The van der Waals surface area contributed by atoms with Crippen LogP contribution < -0.4 is 9.47 Å². The van der Waals surface area contributed by atoms with Gasteiger partial charge in [0.25, 0.3) is 0 Å². The van der Waals surface area contributed by atoms with Crippen molar-refractivity contribution in [1.29, 1.82) is 0 Å². The van der Waals surface area contributed by atoms with Crippen molar-refractivity contribution in [3.8, 4) is 11.5 Å². The van der Waals surface area contributed by atoms with Crippen LogP contribution in [0, 0.1) is 0 Å². The highest BCUT2D eigenvalue weighted by Gasteiger charge is 2.53. The zero-order chi connectivity index (χ0) is 20.0. The molecule has 1 aromatic carbocycles. The number of rotatable bonds is 4. The third-order valence-corrected chi connectivity index (χ3v) is 7.66. The molecule has 1 N–H and O–H groups in total. The molecule has 5 rings (SSSR count). The van der Waals surface area contributed by atoms with Crippen LogP contribution in [0.15, 0.2) is 22.7 Å². The summed E-state index contributed by atoms with van der Waals surface area (Å²) >= 11 is 3.82. The van der Waals surface area contributed by atoms with Crippen molar-refractivity contribution >= 4 is 15.9 Å². The molecule has 1 aliphatic carbocycles. The van der Waals surface area contributed by atoms with E-state index in [2.05, 4.69) is 31.8 Å². The fourth-order valence-electron chi connectivity index (χ4n) is 5.31. The van der Waals surface area contributed by atoms with Gasteiger partial charge in [0.05, 0.1) is 31.8 Å². The van der Waals surface area contributed by atoms with Crippen molar-refractivity contribution in [2.45, 2.75) is 37.0 Å². The fraction of sp³-hybridized carbons (Fsp3) is 0.636. The Morgan fingerprint density at radius 3 is 2.83 bits per heavy atom. The van der Waals surface area contributed by atoms with Gasteiger partial charge >= 0.3 is 0 Å². The van der Waals surface area contributed by atoms with Gasteiger partial charge in [-0.1, -0.05) is 28.1 Å². The van der Waals surface area contributed by atoms with Crippen LogP contribution in [0.25, 0.3) is 0 Å². The number of hydrogen-bond acceptors (Lipinski definition) is 6. The molecule has 1 spiro atoms. The Hall–Kier alpha value is -1.12. The molecule has 3 heterocycles. The van der Waals surface area contributed by atoms with Crippen molar-refractivity contribution in [1.82, 2.24) is 9.80 Å². The molecule has 1 saturated heterocycles. The first-order valence-electron chi connectivity index (χ1n) is 10.6. The van der Waals surface area contributed by atoms with Gasteiger partial charge in [0, 0.05) is 49.2 Å². The van der Waals surface area contributed by atoms with Gasteiger partial charge in [-0.15, -0.1) is 0 Å². The summed E-state index contributed by atoms with van der Waals surface area (Å²) in [6.07, 6.45) is 5.29. The zero-order valence-corrected chi connectivity index (χ0v) is 18.5. The molecular formula is C22H29BrN2O4. The molecule has 3 aliphatic heterocycles. The molecule has 158 valence electrons. The summed E-state index contributed by atoms with van der Waals surface area (Å²) in [6, 6.07) is 2.03. The Balaban J connectivity index is 1.48. The third-order valence-electron chi connectivity index (χ3n) is 6.95. The van der Waals surface area contributed by atoms with Crippen LogP contribution in [-0.4, -0.2) is 80.2 Å². The number of halogens is 1. The first kappa shape index (κ1) is 19.8. The summed E-state index contributed by atoms with van der Waals surface area (Å²) in [6.45, 7) is 7.74. The molecule has 4 aliphatic rings. The Morgan fingerprint density at radius 1 is 1.24 bits per heavy atom. The van der Waals surface area contributed by atoms with Crippen molar-refractivity contribution in [3.05, 3.63) is 33.8 Å². The molecule has 0 bridgehead atoms. The lowest BCUT2D eigenvalue weighted by atomic mass is 9.69. The number of nitrogens with zero attached hydrogens (tertiary/aromatic N) is 2. The smallest absolute Gasteiger partial charge is 0.166 e. The Morgan fingerprint density at radius 2 is 2.03 bits per heavy atom. The van der Waals surface area contributed by atoms with E-state index >= 15 is 0 Å². The SMILES string of the molecule is COc1cc(Br)c2c3c1O[C@H]1C[C@@H](O)C=C[C@]31CCN(CCN1CCOCC1)C2. The standard InChI is InChI=1S/C22H29BrN2O4/c1-27-18-13-17(23)16-14-25(7-6-24-8-10-28-11-9-24)5-4-22-3-2-15(26)12-19(22)29-21(18)20(16)22/h2-3,13,15,19,26H,4-12,14H2,1H3/t15-,19-,22+/m0/s1. The van der Waals surface area contributed by atoms with E-state index in [9.17, 15) is 5.11 Å². The van der Waals surface area contributed by atoms with E-state index < -0.39 is 6.10 Å². The van der Waals surface area contributed by atoms with E-state index in [1.165, 1.54) is 11.1 Å². The topological polar surface area (TPSA) is 54.4 Å². The number of aliphatic hydroxyl groups excluding tert-OH is 1. The quantitative estimate of drug-likeness (QED) is 0.690. The molecule has 6 nitrogen and oxygen atoms in total. The van der Waals surface area contributed by atoms with Gasteiger partial charge < -0.3 is 19.3 Å². The summed E-state index contributed by atoms with van der Waals surface area (Å²) < 4.78 is 18.6. The van der Waals surface area contributed by atoms with Crippen molar-refractivity contribution in [3.63, 3.8) is 0 Å². The van der Waals surface area contributed by atoms with Gasteiger partial charge in [0.1, 0.15) is 6.10 Å². The van der Waals surface area contributed by atoms with Crippen LogP contribution >= 0.6 is 15.9 Å². The van der Waals surface area contributed by atoms with E-state index in [-0.39, 0.29) is 11.5 Å². The molecular weight excluding hydrogens is 436 g/mol. The summed E-state index contributed by atoms with van der Waals surface area (Å²) in [4.78, 5) is 5.06. The van der Waals surface area contributed by atoms with Gasteiger partial charge in [-0.25, -0.2) is 0 Å². The van der Waals surface area contributed by atoms with Crippen LogP contribution in [0.4, 0.5) is 0 Å².